The first-order valence-electron chi connectivity index (χ1n) is 8.90. The molecular formula is C19H29NO5. The molecule has 0 aliphatic carbocycles. The Labute approximate surface area is 150 Å². The van der Waals surface area contributed by atoms with Crippen LogP contribution in [0.5, 0.6) is 11.5 Å². The van der Waals surface area contributed by atoms with Crippen molar-refractivity contribution in [2.24, 2.45) is 0 Å². The van der Waals surface area contributed by atoms with Gasteiger partial charge in [-0.05, 0) is 31.0 Å². The molecule has 2 rings (SSSR count). The normalized spacial score (nSPS) is 16.9. The summed E-state index contributed by atoms with van der Waals surface area (Å²) in [5.74, 6) is 1.26. The highest BCUT2D eigenvalue weighted by Gasteiger charge is 2.28. The van der Waals surface area contributed by atoms with E-state index in [0.717, 1.165) is 19.3 Å². The number of carbonyl (C=O) groups excluding carboxylic acids is 1. The molecule has 6 nitrogen and oxygen atoms in total. The molecule has 6 heteroatoms. The monoisotopic (exact) mass is 351 g/mol. The average Bonchev–Trinajstić information content (AvgIpc) is 3.10. The Morgan fingerprint density at radius 2 is 2.04 bits per heavy atom. The van der Waals surface area contributed by atoms with Gasteiger partial charge in [-0.25, -0.2) is 0 Å². The lowest BCUT2D eigenvalue weighted by atomic mass is 10.1. The Morgan fingerprint density at radius 1 is 1.20 bits per heavy atom. The number of hydrogen-bond acceptors (Lipinski definition) is 5. The zero-order valence-electron chi connectivity index (χ0n) is 15.5. The van der Waals surface area contributed by atoms with Crippen LogP contribution in [0.4, 0.5) is 0 Å². The van der Waals surface area contributed by atoms with Crippen molar-refractivity contribution in [3.05, 3.63) is 23.8 Å². The van der Waals surface area contributed by atoms with Crippen LogP contribution in [0.2, 0.25) is 0 Å². The molecule has 1 fully saturated rings. The first-order chi connectivity index (χ1) is 12.2. The van der Waals surface area contributed by atoms with Gasteiger partial charge in [0.2, 0.25) is 0 Å². The van der Waals surface area contributed by atoms with E-state index in [1.54, 1.807) is 26.4 Å². The summed E-state index contributed by atoms with van der Waals surface area (Å²) in [5, 5.41) is 0. The molecule has 0 aromatic heterocycles. The maximum Gasteiger partial charge on any atom is 0.254 e. The van der Waals surface area contributed by atoms with E-state index in [9.17, 15) is 4.79 Å². The number of methoxy groups -OCH3 is 2. The van der Waals surface area contributed by atoms with E-state index in [1.807, 2.05) is 11.0 Å². The smallest absolute Gasteiger partial charge is 0.254 e. The van der Waals surface area contributed by atoms with Crippen molar-refractivity contribution in [3.63, 3.8) is 0 Å². The van der Waals surface area contributed by atoms with E-state index >= 15 is 0 Å². The lowest BCUT2D eigenvalue weighted by Crippen LogP contribution is -2.30. The SMILES string of the molecule is CCCCOc1ccc(C(=O)N2CC[C@@H](OCCOC)C2)cc1OC. The van der Waals surface area contributed by atoms with Crippen LogP contribution in [0.25, 0.3) is 0 Å². The number of likely N-dealkylation sites (tertiary alicyclic amines) is 1. The van der Waals surface area contributed by atoms with Crippen molar-refractivity contribution in [2.75, 3.05) is 47.1 Å². The molecule has 1 heterocycles. The maximum atomic E-state index is 12.7. The molecule has 1 atom stereocenters. The van der Waals surface area contributed by atoms with Gasteiger partial charge in [-0.3, -0.25) is 4.79 Å². The Kier molecular flexibility index (Phi) is 8.01. The number of hydrogen-bond donors (Lipinski definition) is 0. The fraction of sp³-hybridized carbons (Fsp3) is 0.632. The van der Waals surface area contributed by atoms with Crippen molar-refractivity contribution >= 4 is 5.91 Å². The topological polar surface area (TPSA) is 57.2 Å². The summed E-state index contributed by atoms with van der Waals surface area (Å²) >= 11 is 0. The van der Waals surface area contributed by atoms with E-state index in [4.69, 9.17) is 18.9 Å². The van der Waals surface area contributed by atoms with Crippen LogP contribution in [0, 0.1) is 0 Å². The second kappa shape index (κ2) is 10.3. The van der Waals surface area contributed by atoms with Crippen LogP contribution in [0.15, 0.2) is 18.2 Å². The molecule has 1 amide bonds. The summed E-state index contributed by atoms with van der Waals surface area (Å²) in [5.41, 5.74) is 0.609. The number of rotatable bonds is 10. The largest absolute Gasteiger partial charge is 0.493 e. The first kappa shape index (κ1) is 19.5. The van der Waals surface area contributed by atoms with Gasteiger partial charge in [0.05, 0.1) is 33.0 Å². The van der Waals surface area contributed by atoms with Crippen LogP contribution in [-0.4, -0.2) is 64.0 Å². The van der Waals surface area contributed by atoms with E-state index in [0.29, 0.717) is 50.0 Å². The minimum atomic E-state index is -0.00347. The summed E-state index contributed by atoms with van der Waals surface area (Å²) in [6, 6.07) is 5.36. The summed E-state index contributed by atoms with van der Waals surface area (Å²) in [6.45, 7) is 5.20. The molecule has 140 valence electrons. The molecule has 1 aromatic rings. The van der Waals surface area contributed by atoms with Crippen molar-refractivity contribution in [2.45, 2.75) is 32.3 Å². The van der Waals surface area contributed by atoms with Crippen molar-refractivity contribution in [1.29, 1.82) is 0 Å². The predicted octanol–water partition coefficient (Wildman–Crippen LogP) is 2.75. The highest BCUT2D eigenvalue weighted by Crippen LogP contribution is 2.29. The fourth-order valence-corrected chi connectivity index (χ4v) is 2.78. The van der Waals surface area contributed by atoms with Crippen LogP contribution in [0.1, 0.15) is 36.5 Å². The summed E-state index contributed by atoms with van der Waals surface area (Å²) < 4.78 is 21.8. The lowest BCUT2D eigenvalue weighted by Gasteiger charge is -2.18. The Bertz CT molecular complexity index is 549. The van der Waals surface area contributed by atoms with Gasteiger partial charge in [-0.15, -0.1) is 0 Å². The van der Waals surface area contributed by atoms with Crippen molar-refractivity contribution in [1.82, 2.24) is 4.90 Å². The minimum absolute atomic E-state index is 0.00347. The quantitative estimate of drug-likeness (QED) is 0.607. The Hall–Kier alpha value is -1.79. The van der Waals surface area contributed by atoms with Gasteiger partial charge in [-0.1, -0.05) is 13.3 Å². The van der Waals surface area contributed by atoms with E-state index in [-0.39, 0.29) is 12.0 Å². The number of amides is 1. The molecule has 0 saturated carbocycles. The van der Waals surface area contributed by atoms with Gasteiger partial charge < -0.3 is 23.8 Å². The molecule has 1 saturated heterocycles. The molecule has 0 bridgehead atoms. The van der Waals surface area contributed by atoms with Crippen molar-refractivity contribution in [3.8, 4) is 11.5 Å². The summed E-state index contributed by atoms with van der Waals surface area (Å²) in [4.78, 5) is 14.5. The Morgan fingerprint density at radius 3 is 2.76 bits per heavy atom. The van der Waals surface area contributed by atoms with E-state index in [2.05, 4.69) is 6.92 Å². The molecule has 0 radical (unpaired) electrons. The third kappa shape index (κ3) is 5.61. The number of unbranched alkanes of at least 4 members (excludes halogenated alkanes) is 1. The average molecular weight is 351 g/mol. The Balaban J connectivity index is 1.95. The van der Waals surface area contributed by atoms with Crippen LogP contribution >= 0.6 is 0 Å². The number of carbonyl (C=O) groups is 1. The molecule has 25 heavy (non-hydrogen) atoms. The molecule has 1 aliphatic heterocycles. The van der Waals surface area contributed by atoms with Crippen LogP contribution < -0.4 is 9.47 Å². The lowest BCUT2D eigenvalue weighted by molar-refractivity contribution is 0.0218. The molecule has 0 spiro atoms. The predicted molar refractivity (Wildman–Crippen MR) is 95.5 cm³/mol. The first-order valence-corrected chi connectivity index (χ1v) is 8.90. The van der Waals surface area contributed by atoms with Gasteiger partial charge in [0.1, 0.15) is 0 Å². The van der Waals surface area contributed by atoms with Crippen molar-refractivity contribution < 1.29 is 23.7 Å². The third-order valence-corrected chi connectivity index (χ3v) is 4.24. The maximum absolute atomic E-state index is 12.7. The van der Waals surface area contributed by atoms with E-state index in [1.165, 1.54) is 0 Å². The summed E-state index contributed by atoms with van der Waals surface area (Å²) in [6.07, 6.45) is 2.99. The number of nitrogens with zero attached hydrogens (tertiary/aromatic N) is 1. The van der Waals surface area contributed by atoms with Gasteiger partial charge in [0, 0.05) is 25.8 Å². The highest BCUT2D eigenvalue weighted by atomic mass is 16.5. The van der Waals surface area contributed by atoms with Gasteiger partial charge in [0.25, 0.3) is 5.91 Å². The number of benzene rings is 1. The molecule has 1 aliphatic rings. The summed E-state index contributed by atoms with van der Waals surface area (Å²) in [7, 11) is 3.24. The fourth-order valence-electron chi connectivity index (χ4n) is 2.78. The van der Waals surface area contributed by atoms with Crippen LogP contribution in [0.3, 0.4) is 0 Å². The second-order valence-electron chi connectivity index (χ2n) is 6.09. The number of ether oxygens (including phenoxy) is 4. The molecular weight excluding hydrogens is 322 g/mol. The standard InChI is InChI=1S/C19H29NO5/c1-4-5-10-25-17-7-6-15(13-18(17)23-3)19(21)20-9-8-16(14-20)24-12-11-22-2/h6-7,13,16H,4-5,8-12,14H2,1-3H3/t16-/m1/s1. The molecule has 1 aromatic carbocycles. The zero-order valence-corrected chi connectivity index (χ0v) is 15.5. The molecule has 0 N–H and O–H groups in total. The zero-order chi connectivity index (χ0) is 18.1. The van der Waals surface area contributed by atoms with Gasteiger partial charge in [-0.2, -0.15) is 0 Å². The van der Waals surface area contributed by atoms with Crippen LogP contribution in [-0.2, 0) is 9.47 Å². The van der Waals surface area contributed by atoms with Gasteiger partial charge in [0.15, 0.2) is 11.5 Å². The third-order valence-electron chi connectivity index (χ3n) is 4.24. The minimum Gasteiger partial charge on any atom is -0.493 e. The second-order valence-corrected chi connectivity index (χ2v) is 6.09. The highest BCUT2D eigenvalue weighted by molar-refractivity contribution is 5.95. The molecule has 0 unspecified atom stereocenters. The van der Waals surface area contributed by atoms with E-state index < -0.39 is 0 Å². The van der Waals surface area contributed by atoms with Gasteiger partial charge >= 0.3 is 0 Å².